The number of hydrogen-bond acceptors (Lipinski definition) is 2. The van der Waals surface area contributed by atoms with Gasteiger partial charge in [-0.05, 0) is 42.0 Å². The fraction of sp³-hybridized carbons (Fsp3) is 0.111. The van der Waals surface area contributed by atoms with Crippen molar-refractivity contribution in [1.82, 2.24) is 14.7 Å². The van der Waals surface area contributed by atoms with Crippen LogP contribution in [0.4, 0.5) is 8.78 Å². The van der Waals surface area contributed by atoms with Gasteiger partial charge in [0, 0.05) is 19.8 Å². The lowest BCUT2D eigenvalue weighted by molar-refractivity contribution is 0.0778. The lowest BCUT2D eigenvalue weighted by Crippen LogP contribution is -2.26. The normalized spacial score (nSPS) is 10.6. The molecule has 3 aromatic rings. The molecule has 0 atom stereocenters. The van der Waals surface area contributed by atoms with Crippen molar-refractivity contribution in [3.05, 3.63) is 83.7 Å². The van der Waals surface area contributed by atoms with Crippen molar-refractivity contribution in [3.8, 4) is 5.69 Å². The SMILES string of the molecule is CN(Cc1cccc(F)c1)C(=O)c1ccn(-c2cccc(F)c2)n1. The Morgan fingerprint density at radius 3 is 2.50 bits per heavy atom. The van der Waals surface area contributed by atoms with E-state index >= 15 is 0 Å². The molecule has 0 bridgehead atoms. The molecule has 0 saturated heterocycles. The molecule has 0 saturated carbocycles. The summed E-state index contributed by atoms with van der Waals surface area (Å²) in [5.41, 5.74) is 1.45. The minimum atomic E-state index is -0.376. The Kier molecular flexibility index (Phi) is 4.37. The van der Waals surface area contributed by atoms with E-state index in [-0.39, 0.29) is 29.8 Å². The van der Waals surface area contributed by atoms with Gasteiger partial charge in [-0.15, -0.1) is 0 Å². The van der Waals surface area contributed by atoms with Crippen LogP contribution < -0.4 is 0 Å². The fourth-order valence-electron chi connectivity index (χ4n) is 2.38. The van der Waals surface area contributed by atoms with Crippen LogP contribution in [-0.2, 0) is 6.54 Å². The summed E-state index contributed by atoms with van der Waals surface area (Å²) in [6.45, 7) is 0.267. The van der Waals surface area contributed by atoms with Crippen LogP contribution in [0.1, 0.15) is 16.1 Å². The molecule has 0 fully saturated rings. The second-order valence-electron chi connectivity index (χ2n) is 5.42. The van der Waals surface area contributed by atoms with Crippen LogP contribution in [0, 0.1) is 11.6 Å². The van der Waals surface area contributed by atoms with E-state index in [1.807, 2.05) is 0 Å². The predicted molar refractivity (Wildman–Crippen MR) is 85.7 cm³/mol. The van der Waals surface area contributed by atoms with Crippen LogP contribution in [-0.4, -0.2) is 27.6 Å². The number of carbonyl (C=O) groups excluding carboxylic acids is 1. The van der Waals surface area contributed by atoms with Gasteiger partial charge in [-0.2, -0.15) is 5.10 Å². The van der Waals surface area contributed by atoms with Crippen molar-refractivity contribution < 1.29 is 13.6 Å². The van der Waals surface area contributed by atoms with Crippen molar-refractivity contribution in [2.75, 3.05) is 7.05 Å². The highest BCUT2D eigenvalue weighted by atomic mass is 19.1. The number of nitrogens with zero attached hydrogens (tertiary/aromatic N) is 3. The standard InChI is InChI=1S/C18H15F2N3O/c1-22(12-13-4-2-5-14(19)10-13)18(24)17-8-9-23(21-17)16-7-3-6-15(20)11-16/h2-11H,12H2,1H3. The highest BCUT2D eigenvalue weighted by molar-refractivity contribution is 5.92. The van der Waals surface area contributed by atoms with E-state index in [4.69, 9.17) is 0 Å². The van der Waals surface area contributed by atoms with E-state index < -0.39 is 0 Å². The molecule has 0 aliphatic carbocycles. The largest absolute Gasteiger partial charge is 0.336 e. The van der Waals surface area contributed by atoms with Gasteiger partial charge in [0.2, 0.25) is 0 Å². The third kappa shape index (κ3) is 3.48. The highest BCUT2D eigenvalue weighted by Gasteiger charge is 2.15. The first-order chi connectivity index (χ1) is 11.5. The summed E-state index contributed by atoms with van der Waals surface area (Å²) >= 11 is 0. The van der Waals surface area contributed by atoms with Crippen LogP contribution in [0.15, 0.2) is 60.8 Å². The van der Waals surface area contributed by atoms with Crippen LogP contribution in [0.25, 0.3) is 5.69 Å². The topological polar surface area (TPSA) is 38.1 Å². The molecule has 3 rings (SSSR count). The second kappa shape index (κ2) is 6.62. The zero-order valence-corrected chi connectivity index (χ0v) is 13.0. The summed E-state index contributed by atoms with van der Waals surface area (Å²) in [5, 5.41) is 4.19. The summed E-state index contributed by atoms with van der Waals surface area (Å²) in [5.74, 6) is -1.02. The van der Waals surface area contributed by atoms with E-state index in [9.17, 15) is 13.6 Å². The third-order valence-electron chi connectivity index (χ3n) is 3.54. The number of benzene rings is 2. The molecule has 24 heavy (non-hydrogen) atoms. The number of halogens is 2. The summed E-state index contributed by atoms with van der Waals surface area (Å²) in [6, 6.07) is 13.6. The average molecular weight is 327 g/mol. The Balaban J connectivity index is 1.75. The minimum Gasteiger partial charge on any atom is -0.336 e. The van der Waals surface area contributed by atoms with Gasteiger partial charge in [-0.1, -0.05) is 18.2 Å². The fourth-order valence-corrected chi connectivity index (χ4v) is 2.38. The molecule has 0 aliphatic rings. The Bertz CT molecular complexity index is 876. The van der Waals surface area contributed by atoms with Crippen molar-refractivity contribution >= 4 is 5.91 Å². The molecule has 6 heteroatoms. The number of aromatic nitrogens is 2. The van der Waals surface area contributed by atoms with Crippen LogP contribution in [0.2, 0.25) is 0 Å². The lowest BCUT2D eigenvalue weighted by atomic mass is 10.2. The number of carbonyl (C=O) groups is 1. The van der Waals surface area contributed by atoms with E-state index in [1.54, 1.807) is 43.6 Å². The summed E-state index contributed by atoms with van der Waals surface area (Å²) in [6.07, 6.45) is 1.60. The second-order valence-corrected chi connectivity index (χ2v) is 5.42. The smallest absolute Gasteiger partial charge is 0.274 e. The van der Waals surface area contributed by atoms with Crippen LogP contribution >= 0.6 is 0 Å². The zero-order chi connectivity index (χ0) is 17.1. The maximum atomic E-state index is 13.3. The number of rotatable bonds is 4. The molecule has 122 valence electrons. The van der Waals surface area contributed by atoms with E-state index in [1.165, 1.54) is 33.8 Å². The third-order valence-corrected chi connectivity index (χ3v) is 3.54. The van der Waals surface area contributed by atoms with E-state index in [0.717, 1.165) is 0 Å². The molecule has 0 aliphatic heterocycles. The average Bonchev–Trinajstić information content (AvgIpc) is 3.04. The molecule has 0 radical (unpaired) electrons. The monoisotopic (exact) mass is 327 g/mol. The van der Waals surface area contributed by atoms with Gasteiger partial charge in [0.25, 0.3) is 5.91 Å². The summed E-state index contributed by atoms with van der Waals surface area (Å²) in [4.78, 5) is 13.9. The molecule has 0 N–H and O–H groups in total. The molecular formula is C18H15F2N3O. The van der Waals surface area contributed by atoms with Crippen LogP contribution in [0.5, 0.6) is 0 Å². The minimum absolute atomic E-state index is 0.234. The molecular weight excluding hydrogens is 312 g/mol. The molecule has 2 aromatic carbocycles. The quantitative estimate of drug-likeness (QED) is 0.736. The Morgan fingerprint density at radius 1 is 1.08 bits per heavy atom. The first kappa shape index (κ1) is 15.9. The van der Waals surface area contributed by atoms with Gasteiger partial charge in [0.05, 0.1) is 5.69 Å². The Hall–Kier alpha value is -3.02. The van der Waals surface area contributed by atoms with E-state index in [2.05, 4.69) is 5.10 Å². The number of amides is 1. The molecule has 1 heterocycles. The van der Waals surface area contributed by atoms with Gasteiger partial charge in [0.1, 0.15) is 11.6 Å². The number of hydrogen-bond donors (Lipinski definition) is 0. The van der Waals surface area contributed by atoms with Gasteiger partial charge in [-0.25, -0.2) is 13.5 Å². The van der Waals surface area contributed by atoms with Crippen molar-refractivity contribution in [2.24, 2.45) is 0 Å². The molecule has 1 amide bonds. The van der Waals surface area contributed by atoms with Crippen molar-refractivity contribution in [3.63, 3.8) is 0 Å². The first-order valence-corrected chi connectivity index (χ1v) is 7.34. The van der Waals surface area contributed by atoms with Gasteiger partial charge >= 0.3 is 0 Å². The molecule has 0 spiro atoms. The van der Waals surface area contributed by atoms with Gasteiger partial charge in [0.15, 0.2) is 5.69 Å². The predicted octanol–water partition coefficient (Wildman–Crippen LogP) is 3.42. The van der Waals surface area contributed by atoms with Crippen LogP contribution in [0.3, 0.4) is 0 Å². The Labute approximate surface area is 138 Å². The van der Waals surface area contributed by atoms with Gasteiger partial charge < -0.3 is 4.90 Å². The lowest BCUT2D eigenvalue weighted by Gasteiger charge is -2.16. The highest BCUT2D eigenvalue weighted by Crippen LogP contribution is 2.12. The van der Waals surface area contributed by atoms with E-state index in [0.29, 0.717) is 11.3 Å². The maximum absolute atomic E-state index is 13.3. The van der Waals surface area contributed by atoms with Crippen molar-refractivity contribution in [1.29, 1.82) is 0 Å². The molecule has 0 unspecified atom stereocenters. The molecule has 1 aromatic heterocycles. The maximum Gasteiger partial charge on any atom is 0.274 e. The van der Waals surface area contributed by atoms with Gasteiger partial charge in [-0.3, -0.25) is 4.79 Å². The summed E-state index contributed by atoms with van der Waals surface area (Å²) < 4.78 is 27.9. The van der Waals surface area contributed by atoms with Crippen molar-refractivity contribution in [2.45, 2.75) is 6.54 Å². The first-order valence-electron chi connectivity index (χ1n) is 7.34. The summed E-state index contributed by atoms with van der Waals surface area (Å²) in [7, 11) is 1.62. The Morgan fingerprint density at radius 2 is 1.79 bits per heavy atom. The zero-order valence-electron chi connectivity index (χ0n) is 13.0. The molecule has 4 nitrogen and oxygen atoms in total.